The highest BCUT2D eigenvalue weighted by molar-refractivity contribution is 6.07. The first-order valence-corrected chi connectivity index (χ1v) is 6.71. The molecule has 1 aromatic carbocycles. The van der Waals surface area contributed by atoms with Crippen LogP contribution in [0.1, 0.15) is 18.4 Å². The quantitative estimate of drug-likeness (QED) is 0.334. The van der Waals surface area contributed by atoms with Crippen molar-refractivity contribution in [1.82, 2.24) is 0 Å². The summed E-state index contributed by atoms with van der Waals surface area (Å²) in [5.41, 5.74) is 6.44. The van der Waals surface area contributed by atoms with Crippen molar-refractivity contribution in [3.05, 3.63) is 23.8 Å². The molecule has 21 heavy (non-hydrogen) atoms. The Morgan fingerprint density at radius 2 is 2.38 bits per heavy atom. The summed E-state index contributed by atoms with van der Waals surface area (Å²) in [6.07, 6.45) is 1.64. The first kappa shape index (κ1) is 15.1. The van der Waals surface area contributed by atoms with E-state index in [1.54, 1.807) is 18.2 Å². The number of para-hydroxylation sites is 1. The molecule has 0 aromatic heterocycles. The van der Waals surface area contributed by atoms with Crippen molar-refractivity contribution < 1.29 is 19.5 Å². The molecule has 4 N–H and O–H groups in total. The maximum Gasteiger partial charge on any atom is 0.229 e. The van der Waals surface area contributed by atoms with Crippen LogP contribution in [-0.2, 0) is 9.53 Å². The summed E-state index contributed by atoms with van der Waals surface area (Å²) >= 11 is 0. The van der Waals surface area contributed by atoms with Gasteiger partial charge in [-0.25, -0.2) is 0 Å². The maximum absolute atomic E-state index is 12.3. The van der Waals surface area contributed by atoms with Crippen molar-refractivity contribution >= 4 is 17.4 Å². The van der Waals surface area contributed by atoms with E-state index < -0.39 is 0 Å². The molecule has 0 spiro atoms. The van der Waals surface area contributed by atoms with Gasteiger partial charge in [0.05, 0.1) is 25.3 Å². The molecule has 0 bridgehead atoms. The number of hydrogen-bond donors (Lipinski definition) is 3. The first-order chi connectivity index (χ1) is 10.2. The van der Waals surface area contributed by atoms with Gasteiger partial charge in [-0.3, -0.25) is 4.79 Å². The Labute approximate surface area is 122 Å². The van der Waals surface area contributed by atoms with Gasteiger partial charge in [0.25, 0.3) is 0 Å². The van der Waals surface area contributed by atoms with E-state index >= 15 is 0 Å². The lowest BCUT2D eigenvalue weighted by molar-refractivity contribution is -0.123. The summed E-state index contributed by atoms with van der Waals surface area (Å²) in [4.78, 5) is 12.3. The average Bonchev–Trinajstić information content (AvgIpc) is 2.55. The van der Waals surface area contributed by atoms with Crippen LogP contribution in [0.25, 0.3) is 0 Å². The number of amides is 1. The van der Waals surface area contributed by atoms with Crippen LogP contribution in [0.5, 0.6) is 5.75 Å². The molecule has 1 aromatic rings. The molecule has 0 aliphatic carbocycles. The summed E-state index contributed by atoms with van der Waals surface area (Å²) in [5, 5.41) is 14.6. The second kappa shape index (κ2) is 6.94. The molecule has 1 amide bonds. The van der Waals surface area contributed by atoms with E-state index in [-0.39, 0.29) is 17.7 Å². The van der Waals surface area contributed by atoms with Gasteiger partial charge in [0.15, 0.2) is 5.84 Å². The number of carbonyl (C=O) groups is 1. The number of nitrogens with zero attached hydrogens (tertiary/aromatic N) is 1. The molecule has 1 aliphatic rings. The van der Waals surface area contributed by atoms with E-state index in [9.17, 15) is 4.79 Å². The zero-order valence-electron chi connectivity index (χ0n) is 11.8. The lowest BCUT2D eigenvalue weighted by atomic mass is 10.0. The van der Waals surface area contributed by atoms with Crippen LogP contribution >= 0.6 is 0 Å². The summed E-state index contributed by atoms with van der Waals surface area (Å²) in [5.74, 6) is -0.0109. The largest absolute Gasteiger partial charge is 0.495 e. The molecule has 1 saturated heterocycles. The van der Waals surface area contributed by atoms with Gasteiger partial charge in [0.2, 0.25) is 5.91 Å². The summed E-state index contributed by atoms with van der Waals surface area (Å²) in [7, 11) is 1.49. The molecule has 1 atom stereocenters. The monoisotopic (exact) mass is 293 g/mol. The van der Waals surface area contributed by atoms with Gasteiger partial charge in [0.1, 0.15) is 5.75 Å². The predicted octanol–water partition coefficient (Wildman–Crippen LogP) is 1.15. The van der Waals surface area contributed by atoms with Gasteiger partial charge in [-0.2, -0.15) is 0 Å². The van der Waals surface area contributed by atoms with Crippen molar-refractivity contribution in [1.29, 1.82) is 0 Å². The Morgan fingerprint density at radius 1 is 1.57 bits per heavy atom. The number of nitrogens with one attached hydrogen (secondary N) is 1. The number of benzene rings is 1. The van der Waals surface area contributed by atoms with Gasteiger partial charge in [-0.05, 0) is 25.0 Å². The molecule has 114 valence electrons. The molecule has 1 fully saturated rings. The van der Waals surface area contributed by atoms with Crippen LogP contribution in [0.3, 0.4) is 0 Å². The van der Waals surface area contributed by atoms with E-state index in [4.69, 9.17) is 20.4 Å². The smallest absolute Gasteiger partial charge is 0.229 e. The highest BCUT2D eigenvalue weighted by Gasteiger charge is 2.24. The standard InChI is InChI=1S/C14H19N3O4/c1-20-11-6-2-5-10(13(15)17-19)12(11)16-14(18)9-4-3-7-21-8-9/h2,5-6,9,19H,3-4,7-8H2,1H3,(H2,15,17)(H,16,18). The van der Waals surface area contributed by atoms with Gasteiger partial charge in [-0.15, -0.1) is 0 Å². The lowest BCUT2D eigenvalue weighted by Gasteiger charge is -2.22. The van der Waals surface area contributed by atoms with Crippen molar-refractivity contribution in [2.45, 2.75) is 12.8 Å². The zero-order chi connectivity index (χ0) is 15.2. The fourth-order valence-electron chi connectivity index (χ4n) is 2.27. The Hall–Kier alpha value is -2.28. The second-order valence-corrected chi connectivity index (χ2v) is 4.77. The van der Waals surface area contributed by atoms with E-state index in [1.807, 2.05) is 0 Å². The molecular formula is C14H19N3O4. The maximum atomic E-state index is 12.3. The van der Waals surface area contributed by atoms with Crippen molar-refractivity contribution in [2.24, 2.45) is 16.8 Å². The van der Waals surface area contributed by atoms with Crippen LogP contribution in [0, 0.1) is 5.92 Å². The van der Waals surface area contributed by atoms with Crippen molar-refractivity contribution in [2.75, 3.05) is 25.6 Å². The molecule has 7 nitrogen and oxygen atoms in total. The molecule has 0 saturated carbocycles. The zero-order valence-corrected chi connectivity index (χ0v) is 11.8. The van der Waals surface area contributed by atoms with Gasteiger partial charge in [0, 0.05) is 12.2 Å². The number of ether oxygens (including phenoxy) is 2. The third-order valence-corrected chi connectivity index (χ3v) is 3.41. The van der Waals surface area contributed by atoms with Gasteiger partial charge < -0.3 is 25.7 Å². The van der Waals surface area contributed by atoms with E-state index in [0.717, 1.165) is 12.8 Å². The van der Waals surface area contributed by atoms with E-state index in [0.29, 0.717) is 30.2 Å². The number of hydrogen-bond acceptors (Lipinski definition) is 5. The molecule has 1 unspecified atom stereocenters. The van der Waals surface area contributed by atoms with Crippen LogP contribution in [-0.4, -0.2) is 37.3 Å². The fraction of sp³-hybridized carbons (Fsp3) is 0.429. The normalized spacial score (nSPS) is 19.1. The topological polar surface area (TPSA) is 106 Å². The summed E-state index contributed by atoms with van der Waals surface area (Å²) < 4.78 is 10.5. The van der Waals surface area contributed by atoms with E-state index in [1.165, 1.54) is 7.11 Å². The Kier molecular flexibility index (Phi) is 4.99. The molecule has 0 radical (unpaired) electrons. The number of rotatable bonds is 4. The minimum absolute atomic E-state index is 0.0934. The number of amidine groups is 1. The number of methoxy groups -OCH3 is 1. The number of oxime groups is 1. The van der Waals surface area contributed by atoms with Gasteiger partial charge >= 0.3 is 0 Å². The molecule has 1 aliphatic heterocycles. The first-order valence-electron chi connectivity index (χ1n) is 6.71. The number of nitrogens with two attached hydrogens (primary N) is 1. The van der Waals surface area contributed by atoms with Crippen molar-refractivity contribution in [3.63, 3.8) is 0 Å². The third kappa shape index (κ3) is 3.43. The predicted molar refractivity (Wildman–Crippen MR) is 77.7 cm³/mol. The van der Waals surface area contributed by atoms with Crippen LogP contribution in [0.4, 0.5) is 5.69 Å². The minimum Gasteiger partial charge on any atom is -0.495 e. The summed E-state index contributed by atoms with van der Waals surface area (Å²) in [6, 6.07) is 5.04. The molecule has 2 rings (SSSR count). The molecule has 1 heterocycles. The van der Waals surface area contributed by atoms with Gasteiger partial charge in [-0.1, -0.05) is 11.2 Å². The minimum atomic E-state index is -0.205. The Balaban J connectivity index is 2.26. The highest BCUT2D eigenvalue weighted by Crippen LogP contribution is 2.29. The third-order valence-electron chi connectivity index (χ3n) is 3.41. The summed E-state index contributed by atoms with van der Waals surface area (Å²) in [6.45, 7) is 1.09. The Morgan fingerprint density at radius 3 is 3.00 bits per heavy atom. The number of carbonyl (C=O) groups excluding carboxylic acids is 1. The fourth-order valence-corrected chi connectivity index (χ4v) is 2.27. The van der Waals surface area contributed by atoms with Crippen LogP contribution in [0.2, 0.25) is 0 Å². The average molecular weight is 293 g/mol. The Bertz CT molecular complexity index is 539. The second-order valence-electron chi connectivity index (χ2n) is 4.77. The van der Waals surface area contributed by atoms with Crippen LogP contribution in [0.15, 0.2) is 23.4 Å². The number of anilines is 1. The van der Waals surface area contributed by atoms with E-state index in [2.05, 4.69) is 10.5 Å². The van der Waals surface area contributed by atoms with Crippen molar-refractivity contribution in [3.8, 4) is 5.75 Å². The lowest BCUT2D eigenvalue weighted by Crippen LogP contribution is -2.31. The molecule has 7 heteroatoms. The van der Waals surface area contributed by atoms with Crippen LogP contribution < -0.4 is 15.8 Å². The SMILES string of the molecule is COc1cccc(/C(N)=N/O)c1NC(=O)C1CCCOC1. The molecular weight excluding hydrogens is 274 g/mol. The highest BCUT2D eigenvalue weighted by atomic mass is 16.5.